The Labute approximate surface area is 152 Å². The van der Waals surface area contributed by atoms with E-state index in [1.807, 2.05) is 6.92 Å². The van der Waals surface area contributed by atoms with Gasteiger partial charge in [-0.15, -0.1) is 0 Å². The normalized spacial score (nSPS) is 26.1. The van der Waals surface area contributed by atoms with Crippen molar-refractivity contribution in [1.82, 2.24) is 5.43 Å². The van der Waals surface area contributed by atoms with Crippen molar-refractivity contribution in [3.63, 3.8) is 0 Å². The molecule has 0 radical (unpaired) electrons. The number of hydrogen-bond acceptors (Lipinski definition) is 5. The van der Waals surface area contributed by atoms with Gasteiger partial charge in [-0.25, -0.2) is 10.7 Å². The van der Waals surface area contributed by atoms with E-state index in [-0.39, 0.29) is 30.1 Å². The minimum Gasteiger partial charge on any atom is -0.494 e. The molecular formula is C18H25N4O4+. The minimum absolute atomic E-state index is 0.165. The molecule has 26 heavy (non-hydrogen) atoms. The van der Waals surface area contributed by atoms with E-state index in [0.717, 1.165) is 24.3 Å². The summed E-state index contributed by atoms with van der Waals surface area (Å²) in [6, 6.07) is 6.51. The third-order valence-electron chi connectivity index (χ3n) is 5.12. The van der Waals surface area contributed by atoms with E-state index in [4.69, 9.17) is 10.6 Å². The molecule has 2 aliphatic heterocycles. The number of nitrogens with zero attached hydrogens (tertiary/aromatic N) is 1. The number of anilines is 1. The summed E-state index contributed by atoms with van der Waals surface area (Å²) < 4.78 is 5.40. The first-order chi connectivity index (χ1) is 12.5. The summed E-state index contributed by atoms with van der Waals surface area (Å²) in [5.41, 5.74) is 2.74. The molecule has 1 unspecified atom stereocenters. The van der Waals surface area contributed by atoms with E-state index in [9.17, 15) is 14.4 Å². The van der Waals surface area contributed by atoms with Gasteiger partial charge in [0.2, 0.25) is 11.8 Å². The van der Waals surface area contributed by atoms with E-state index < -0.39 is 6.04 Å². The third kappa shape index (κ3) is 3.56. The zero-order chi connectivity index (χ0) is 18.7. The summed E-state index contributed by atoms with van der Waals surface area (Å²) in [5.74, 6) is 5.10. The molecular weight excluding hydrogens is 336 g/mol. The molecule has 2 aliphatic rings. The van der Waals surface area contributed by atoms with Gasteiger partial charge < -0.3 is 9.64 Å². The van der Waals surface area contributed by atoms with Crippen molar-refractivity contribution >= 4 is 23.4 Å². The highest BCUT2D eigenvalue weighted by atomic mass is 16.5. The molecule has 8 heteroatoms. The number of quaternary nitrogens is 1. The van der Waals surface area contributed by atoms with Crippen molar-refractivity contribution in [2.75, 3.05) is 24.6 Å². The number of nitrogens with one attached hydrogen (secondary N) is 2. The van der Waals surface area contributed by atoms with Crippen molar-refractivity contribution in [3.05, 3.63) is 24.3 Å². The summed E-state index contributed by atoms with van der Waals surface area (Å²) in [7, 11) is 0. The van der Waals surface area contributed by atoms with Crippen molar-refractivity contribution in [1.29, 1.82) is 0 Å². The summed E-state index contributed by atoms with van der Waals surface area (Å²) in [6.07, 6.45) is 1.75. The number of piperidine rings is 1. The van der Waals surface area contributed by atoms with Crippen LogP contribution in [0.1, 0.15) is 26.2 Å². The maximum absolute atomic E-state index is 12.9. The number of rotatable bonds is 5. The second-order valence-corrected chi connectivity index (χ2v) is 6.71. The van der Waals surface area contributed by atoms with Crippen molar-refractivity contribution in [2.24, 2.45) is 11.8 Å². The molecule has 2 fully saturated rings. The lowest BCUT2D eigenvalue weighted by molar-refractivity contribution is -0.922. The quantitative estimate of drug-likeness (QED) is 0.270. The standard InChI is InChI=1S/C18H24N4O4/c1-2-26-14-7-5-13(6-8-14)22-16(23)10-15(18(22)25)21-9-3-4-12(11-21)17(24)20-19/h5-8,12,15H,2-4,9-11,19H2,1H3,(H,20,24)/p+1/t12-,15+/m0/s1. The zero-order valence-corrected chi connectivity index (χ0v) is 14.9. The number of carbonyl (C=O) groups excluding carboxylic acids is 3. The second kappa shape index (κ2) is 7.84. The Kier molecular flexibility index (Phi) is 5.53. The Morgan fingerprint density at radius 1 is 1.35 bits per heavy atom. The molecule has 3 amide bonds. The monoisotopic (exact) mass is 361 g/mol. The highest BCUT2D eigenvalue weighted by molar-refractivity contribution is 6.21. The van der Waals surface area contributed by atoms with Crippen LogP contribution in [0.25, 0.3) is 0 Å². The number of carbonyl (C=O) groups is 3. The number of imide groups is 1. The van der Waals surface area contributed by atoms with Crippen LogP contribution in [0.3, 0.4) is 0 Å². The van der Waals surface area contributed by atoms with Crippen molar-refractivity contribution in [3.8, 4) is 5.75 Å². The Balaban J connectivity index is 1.73. The van der Waals surface area contributed by atoms with Crippen LogP contribution >= 0.6 is 0 Å². The first kappa shape index (κ1) is 18.3. The van der Waals surface area contributed by atoms with Crippen LogP contribution < -0.4 is 25.8 Å². The lowest BCUT2D eigenvalue weighted by Crippen LogP contribution is -3.18. The fourth-order valence-corrected chi connectivity index (χ4v) is 3.83. The Bertz CT molecular complexity index is 691. The first-order valence-electron chi connectivity index (χ1n) is 8.99. The fraction of sp³-hybridized carbons (Fsp3) is 0.500. The van der Waals surface area contributed by atoms with Gasteiger partial charge in [-0.2, -0.15) is 0 Å². The Morgan fingerprint density at radius 3 is 2.73 bits per heavy atom. The average Bonchev–Trinajstić information content (AvgIpc) is 2.96. The topological polar surface area (TPSA) is 106 Å². The van der Waals surface area contributed by atoms with Gasteiger partial charge in [0.1, 0.15) is 5.75 Å². The third-order valence-corrected chi connectivity index (χ3v) is 5.12. The van der Waals surface area contributed by atoms with Crippen molar-refractivity contribution < 1.29 is 24.0 Å². The molecule has 0 aliphatic carbocycles. The van der Waals surface area contributed by atoms with Gasteiger partial charge in [0, 0.05) is 0 Å². The first-order valence-corrected chi connectivity index (χ1v) is 8.99. The summed E-state index contributed by atoms with van der Waals surface area (Å²) >= 11 is 0. The lowest BCUT2D eigenvalue weighted by Gasteiger charge is -2.31. The van der Waals surface area contributed by atoms with Crippen LogP contribution in [-0.4, -0.2) is 43.5 Å². The van der Waals surface area contributed by atoms with E-state index in [1.165, 1.54) is 4.90 Å². The summed E-state index contributed by atoms with van der Waals surface area (Å²) in [6.45, 7) is 3.74. The second-order valence-electron chi connectivity index (χ2n) is 6.71. The summed E-state index contributed by atoms with van der Waals surface area (Å²) in [5, 5.41) is 0. The number of likely N-dealkylation sites (tertiary alicyclic amines) is 1. The predicted octanol–water partition coefficient (Wildman–Crippen LogP) is -0.998. The van der Waals surface area contributed by atoms with Crippen LogP contribution in [0, 0.1) is 5.92 Å². The van der Waals surface area contributed by atoms with E-state index in [2.05, 4.69) is 5.43 Å². The predicted molar refractivity (Wildman–Crippen MR) is 94.3 cm³/mol. The molecule has 4 N–H and O–H groups in total. The van der Waals surface area contributed by atoms with Gasteiger partial charge >= 0.3 is 0 Å². The summed E-state index contributed by atoms with van der Waals surface area (Å²) in [4.78, 5) is 39.4. The molecule has 3 rings (SSSR count). The van der Waals surface area contributed by atoms with Gasteiger partial charge in [0.15, 0.2) is 6.04 Å². The van der Waals surface area contributed by atoms with Crippen LogP contribution in [0.15, 0.2) is 24.3 Å². The molecule has 2 heterocycles. The number of nitrogens with two attached hydrogens (primary N) is 1. The highest BCUT2D eigenvalue weighted by Gasteiger charge is 2.47. The SMILES string of the molecule is CCOc1ccc(N2C(=O)C[C@@H]([NH+]3CCC[C@H](C(=O)NN)C3)C2=O)cc1. The zero-order valence-electron chi connectivity index (χ0n) is 14.9. The maximum Gasteiger partial charge on any atom is 0.292 e. The average molecular weight is 361 g/mol. The van der Waals surface area contributed by atoms with Crippen molar-refractivity contribution in [2.45, 2.75) is 32.2 Å². The van der Waals surface area contributed by atoms with Crippen LogP contribution in [0.2, 0.25) is 0 Å². The van der Waals surface area contributed by atoms with Gasteiger partial charge in [-0.05, 0) is 44.0 Å². The molecule has 8 nitrogen and oxygen atoms in total. The maximum atomic E-state index is 12.9. The molecule has 2 saturated heterocycles. The van der Waals surface area contributed by atoms with Crippen LogP contribution in [0.5, 0.6) is 5.75 Å². The fourth-order valence-electron chi connectivity index (χ4n) is 3.83. The largest absolute Gasteiger partial charge is 0.494 e. The van der Waals surface area contributed by atoms with E-state index in [0.29, 0.717) is 24.6 Å². The molecule has 0 spiro atoms. The molecule has 0 bridgehead atoms. The van der Waals surface area contributed by atoms with Crippen LogP contribution in [0.4, 0.5) is 5.69 Å². The molecule has 1 aromatic carbocycles. The van der Waals surface area contributed by atoms with E-state index in [1.54, 1.807) is 24.3 Å². The Hall–Kier alpha value is -2.45. The van der Waals surface area contributed by atoms with Gasteiger partial charge in [0.25, 0.3) is 5.91 Å². The molecule has 3 atom stereocenters. The number of hydrazine groups is 1. The van der Waals surface area contributed by atoms with Gasteiger partial charge in [-0.3, -0.25) is 19.8 Å². The smallest absolute Gasteiger partial charge is 0.292 e. The highest BCUT2D eigenvalue weighted by Crippen LogP contribution is 2.25. The molecule has 0 saturated carbocycles. The van der Waals surface area contributed by atoms with Gasteiger partial charge in [-0.1, -0.05) is 0 Å². The van der Waals surface area contributed by atoms with Crippen LogP contribution in [-0.2, 0) is 14.4 Å². The van der Waals surface area contributed by atoms with E-state index >= 15 is 0 Å². The molecule has 0 aromatic heterocycles. The van der Waals surface area contributed by atoms with Gasteiger partial charge in [0.05, 0.1) is 37.7 Å². The molecule has 1 aromatic rings. The Morgan fingerprint density at radius 2 is 2.08 bits per heavy atom. The number of ether oxygens (including phenoxy) is 1. The molecule has 140 valence electrons. The number of amides is 3. The number of hydrogen-bond donors (Lipinski definition) is 3. The minimum atomic E-state index is -0.442. The lowest BCUT2D eigenvalue weighted by atomic mass is 9.95. The number of benzene rings is 1.